The Hall–Kier alpha value is -1.92. The highest BCUT2D eigenvalue weighted by molar-refractivity contribution is 5.29. The van der Waals surface area contributed by atoms with Crippen LogP contribution in [0, 0.1) is 0 Å². The lowest BCUT2D eigenvalue weighted by atomic mass is 10.3. The van der Waals surface area contributed by atoms with Crippen LogP contribution in [0.4, 0.5) is 5.95 Å². The van der Waals surface area contributed by atoms with E-state index in [-0.39, 0.29) is 0 Å². The van der Waals surface area contributed by atoms with E-state index in [0.717, 1.165) is 63.9 Å². The normalized spacial score (nSPS) is 16.1. The van der Waals surface area contributed by atoms with Crippen molar-refractivity contribution in [3.63, 3.8) is 0 Å². The number of aromatic nitrogens is 2. The zero-order chi connectivity index (χ0) is 15.0. The Morgan fingerprint density at radius 1 is 1.09 bits per heavy atom. The summed E-state index contributed by atoms with van der Waals surface area (Å²) in [5.41, 5.74) is 0. The number of nitrogens with one attached hydrogen (secondary N) is 1. The molecule has 0 spiro atoms. The van der Waals surface area contributed by atoms with Crippen LogP contribution in [0.2, 0.25) is 0 Å². The largest absolute Gasteiger partial charge is 0.468 e. The van der Waals surface area contributed by atoms with Crippen molar-refractivity contribution in [2.24, 2.45) is 0 Å². The Labute approximate surface area is 131 Å². The van der Waals surface area contributed by atoms with Gasteiger partial charge in [-0.3, -0.25) is 4.90 Å². The average Bonchev–Trinajstić information content (AvgIpc) is 3.09. The van der Waals surface area contributed by atoms with Crippen molar-refractivity contribution >= 4 is 5.95 Å². The van der Waals surface area contributed by atoms with Gasteiger partial charge in [0.15, 0.2) is 0 Å². The van der Waals surface area contributed by atoms with Gasteiger partial charge in [0, 0.05) is 38.6 Å². The second-order valence-corrected chi connectivity index (χ2v) is 5.49. The quantitative estimate of drug-likeness (QED) is 0.780. The van der Waals surface area contributed by atoms with E-state index in [2.05, 4.69) is 25.1 Å². The molecule has 118 valence electrons. The number of nitrogens with zero attached hydrogens (tertiary/aromatic N) is 4. The number of rotatable bonds is 7. The van der Waals surface area contributed by atoms with E-state index in [1.165, 1.54) is 0 Å². The number of anilines is 1. The van der Waals surface area contributed by atoms with Gasteiger partial charge in [-0.2, -0.15) is 0 Å². The first-order valence-electron chi connectivity index (χ1n) is 7.89. The van der Waals surface area contributed by atoms with Crippen molar-refractivity contribution in [3.8, 4) is 0 Å². The van der Waals surface area contributed by atoms with Crippen molar-refractivity contribution in [1.82, 2.24) is 20.2 Å². The number of piperazine rings is 1. The van der Waals surface area contributed by atoms with Crippen molar-refractivity contribution in [3.05, 3.63) is 42.6 Å². The van der Waals surface area contributed by atoms with Gasteiger partial charge in [-0.25, -0.2) is 9.97 Å². The van der Waals surface area contributed by atoms with Crippen molar-refractivity contribution < 1.29 is 4.42 Å². The van der Waals surface area contributed by atoms with Gasteiger partial charge in [0.05, 0.1) is 12.8 Å². The maximum absolute atomic E-state index is 5.29. The third-order valence-corrected chi connectivity index (χ3v) is 3.91. The highest BCUT2D eigenvalue weighted by Crippen LogP contribution is 2.09. The van der Waals surface area contributed by atoms with Crippen LogP contribution in [-0.2, 0) is 6.54 Å². The summed E-state index contributed by atoms with van der Waals surface area (Å²) in [5, 5.41) is 3.41. The third-order valence-electron chi connectivity index (χ3n) is 3.91. The van der Waals surface area contributed by atoms with Crippen LogP contribution in [0.25, 0.3) is 0 Å². The Morgan fingerprint density at radius 3 is 2.64 bits per heavy atom. The Morgan fingerprint density at radius 2 is 1.91 bits per heavy atom. The van der Waals surface area contributed by atoms with E-state index in [9.17, 15) is 0 Å². The third kappa shape index (κ3) is 4.29. The van der Waals surface area contributed by atoms with Crippen LogP contribution < -0.4 is 10.2 Å². The summed E-state index contributed by atoms with van der Waals surface area (Å²) in [7, 11) is 0. The van der Waals surface area contributed by atoms with Crippen molar-refractivity contribution in [1.29, 1.82) is 0 Å². The molecule has 0 unspecified atom stereocenters. The first kappa shape index (κ1) is 15.0. The van der Waals surface area contributed by atoms with Crippen molar-refractivity contribution in [2.75, 3.05) is 44.2 Å². The molecule has 1 saturated heterocycles. The minimum absolute atomic E-state index is 0.812. The molecular formula is C16H23N5O. The maximum Gasteiger partial charge on any atom is 0.225 e. The van der Waals surface area contributed by atoms with E-state index in [1.807, 2.05) is 18.2 Å². The molecule has 3 heterocycles. The lowest BCUT2D eigenvalue weighted by Gasteiger charge is -2.34. The molecule has 6 nitrogen and oxygen atoms in total. The van der Waals surface area contributed by atoms with Gasteiger partial charge in [0.1, 0.15) is 5.76 Å². The molecule has 0 saturated carbocycles. The van der Waals surface area contributed by atoms with E-state index in [4.69, 9.17) is 4.42 Å². The molecular weight excluding hydrogens is 278 g/mol. The fourth-order valence-electron chi connectivity index (χ4n) is 2.68. The zero-order valence-corrected chi connectivity index (χ0v) is 12.8. The van der Waals surface area contributed by atoms with E-state index < -0.39 is 0 Å². The minimum atomic E-state index is 0.812. The summed E-state index contributed by atoms with van der Waals surface area (Å²) in [6, 6.07) is 5.78. The van der Waals surface area contributed by atoms with Gasteiger partial charge in [0.25, 0.3) is 0 Å². The standard InChI is InChI=1S/C16H23N5O/c1-4-15(22-13-1)14-17-5-3-8-20-9-11-21(12-10-20)16-18-6-2-7-19-16/h1-2,4,6-7,13,17H,3,5,8-12,14H2. The molecule has 0 aliphatic carbocycles. The highest BCUT2D eigenvalue weighted by atomic mass is 16.3. The molecule has 0 atom stereocenters. The summed E-state index contributed by atoms with van der Waals surface area (Å²) in [6.07, 6.45) is 6.48. The van der Waals surface area contributed by atoms with Crippen LogP contribution >= 0.6 is 0 Å². The molecule has 0 radical (unpaired) electrons. The van der Waals surface area contributed by atoms with E-state index in [0.29, 0.717) is 0 Å². The fourth-order valence-corrected chi connectivity index (χ4v) is 2.68. The average molecular weight is 301 g/mol. The molecule has 1 aliphatic heterocycles. The molecule has 1 N–H and O–H groups in total. The summed E-state index contributed by atoms with van der Waals surface area (Å²) in [5.74, 6) is 1.85. The van der Waals surface area contributed by atoms with Crippen LogP contribution in [0.3, 0.4) is 0 Å². The van der Waals surface area contributed by atoms with Gasteiger partial charge in [-0.05, 0) is 37.7 Å². The summed E-state index contributed by atoms with van der Waals surface area (Å²) in [4.78, 5) is 13.4. The predicted octanol–water partition coefficient (Wildman–Crippen LogP) is 1.37. The molecule has 2 aromatic heterocycles. The van der Waals surface area contributed by atoms with Crippen LogP contribution in [0.5, 0.6) is 0 Å². The second kappa shape index (κ2) is 7.91. The molecule has 1 aliphatic rings. The lowest BCUT2D eigenvalue weighted by molar-refractivity contribution is 0.252. The van der Waals surface area contributed by atoms with Crippen LogP contribution in [0.15, 0.2) is 41.3 Å². The summed E-state index contributed by atoms with van der Waals surface area (Å²) < 4.78 is 5.29. The molecule has 1 fully saturated rings. The molecule has 0 aromatic carbocycles. The molecule has 0 amide bonds. The van der Waals surface area contributed by atoms with Gasteiger partial charge in [0.2, 0.25) is 5.95 Å². The monoisotopic (exact) mass is 301 g/mol. The molecule has 6 heteroatoms. The second-order valence-electron chi connectivity index (χ2n) is 5.49. The topological polar surface area (TPSA) is 57.4 Å². The Bertz CT molecular complexity index is 523. The highest BCUT2D eigenvalue weighted by Gasteiger charge is 2.17. The SMILES string of the molecule is c1cnc(N2CCN(CCCNCc3ccco3)CC2)nc1. The van der Waals surface area contributed by atoms with Gasteiger partial charge in [-0.15, -0.1) is 0 Å². The minimum Gasteiger partial charge on any atom is -0.468 e. The predicted molar refractivity (Wildman–Crippen MR) is 85.7 cm³/mol. The molecule has 3 rings (SSSR count). The van der Waals surface area contributed by atoms with Crippen LogP contribution in [-0.4, -0.2) is 54.1 Å². The van der Waals surface area contributed by atoms with Gasteiger partial charge in [-0.1, -0.05) is 0 Å². The maximum atomic E-state index is 5.29. The smallest absolute Gasteiger partial charge is 0.225 e. The number of hydrogen-bond acceptors (Lipinski definition) is 6. The Balaban J connectivity index is 1.29. The molecule has 2 aromatic rings. The van der Waals surface area contributed by atoms with Crippen LogP contribution in [0.1, 0.15) is 12.2 Å². The van der Waals surface area contributed by atoms with E-state index in [1.54, 1.807) is 18.7 Å². The lowest BCUT2D eigenvalue weighted by Crippen LogP contribution is -2.47. The van der Waals surface area contributed by atoms with Gasteiger partial charge < -0.3 is 14.6 Å². The first-order valence-corrected chi connectivity index (χ1v) is 7.89. The summed E-state index contributed by atoms with van der Waals surface area (Å²) in [6.45, 7) is 7.13. The zero-order valence-electron chi connectivity index (χ0n) is 12.8. The number of hydrogen-bond donors (Lipinski definition) is 1. The summed E-state index contributed by atoms with van der Waals surface area (Å²) >= 11 is 0. The Kier molecular flexibility index (Phi) is 5.39. The fraction of sp³-hybridized carbons (Fsp3) is 0.500. The number of furan rings is 1. The van der Waals surface area contributed by atoms with Crippen molar-refractivity contribution in [2.45, 2.75) is 13.0 Å². The van der Waals surface area contributed by atoms with E-state index >= 15 is 0 Å². The molecule has 22 heavy (non-hydrogen) atoms. The first-order chi connectivity index (χ1) is 10.9. The molecule has 0 bridgehead atoms. The van der Waals surface area contributed by atoms with Gasteiger partial charge >= 0.3 is 0 Å².